The van der Waals surface area contributed by atoms with Crippen molar-refractivity contribution in [1.29, 1.82) is 0 Å². The zero-order valence-corrected chi connectivity index (χ0v) is 13.1. The Hall–Kier alpha value is -2.74. The minimum atomic E-state index is -0.814. The number of fused-ring (bicyclic) bond motifs is 1. The summed E-state index contributed by atoms with van der Waals surface area (Å²) >= 11 is 6.15. The topological polar surface area (TPSA) is 101 Å². The second-order valence-electron chi connectivity index (χ2n) is 4.93. The summed E-state index contributed by atoms with van der Waals surface area (Å²) in [5.41, 5.74) is 0.596. The molecule has 9 heteroatoms. The summed E-state index contributed by atoms with van der Waals surface area (Å²) in [6.45, 7) is 0.921. The molecule has 1 aliphatic rings. The zero-order valence-electron chi connectivity index (χ0n) is 12.3. The molecule has 2 heterocycles. The minimum Gasteiger partial charge on any atom is -0.489 e. The average Bonchev–Trinajstić information content (AvgIpc) is 2.93. The zero-order chi connectivity index (χ0) is 17.1. The van der Waals surface area contributed by atoms with Crippen LogP contribution in [0.15, 0.2) is 28.7 Å². The molecule has 0 saturated carbocycles. The van der Waals surface area contributed by atoms with Gasteiger partial charge in [0.1, 0.15) is 11.5 Å². The van der Waals surface area contributed by atoms with E-state index in [1.54, 1.807) is 12.1 Å². The maximum atomic E-state index is 11.9. The molecule has 0 radical (unpaired) electrons. The van der Waals surface area contributed by atoms with E-state index in [-0.39, 0.29) is 12.4 Å². The number of benzene rings is 1. The van der Waals surface area contributed by atoms with Crippen LogP contribution in [-0.2, 0) is 11.3 Å². The fraction of sp³-hybridized carbons (Fsp3) is 0.267. The molecule has 3 rings (SSSR count). The van der Waals surface area contributed by atoms with Crippen LogP contribution in [0.25, 0.3) is 0 Å². The first-order chi connectivity index (χ1) is 11.5. The number of ether oxygens (including phenoxy) is 3. The normalized spacial score (nSPS) is 13.2. The van der Waals surface area contributed by atoms with E-state index in [0.29, 0.717) is 35.3 Å². The highest BCUT2D eigenvalue weighted by Crippen LogP contribution is 2.38. The van der Waals surface area contributed by atoms with Crippen LogP contribution >= 0.6 is 11.6 Å². The van der Waals surface area contributed by atoms with Gasteiger partial charge in [0.25, 0.3) is 0 Å². The lowest BCUT2D eigenvalue weighted by atomic mass is 10.2. The highest BCUT2D eigenvalue weighted by Gasteiger charge is 2.20. The van der Waals surface area contributed by atoms with E-state index < -0.39 is 16.8 Å². The molecule has 0 unspecified atom stereocenters. The number of furan rings is 1. The highest BCUT2D eigenvalue weighted by molar-refractivity contribution is 6.32. The summed E-state index contributed by atoms with van der Waals surface area (Å²) in [4.78, 5) is 21.7. The van der Waals surface area contributed by atoms with Gasteiger partial charge in [0, 0.05) is 6.42 Å². The molecule has 1 aliphatic heterocycles. The lowest BCUT2D eigenvalue weighted by Crippen LogP contribution is -2.04. The molecule has 126 valence electrons. The smallest absolute Gasteiger partial charge is 0.433 e. The third-order valence-electron chi connectivity index (χ3n) is 3.20. The van der Waals surface area contributed by atoms with Crippen molar-refractivity contribution in [2.75, 3.05) is 13.2 Å². The largest absolute Gasteiger partial charge is 0.489 e. The molecule has 0 saturated heterocycles. The first kappa shape index (κ1) is 16.1. The van der Waals surface area contributed by atoms with Gasteiger partial charge in [-0.2, -0.15) is 0 Å². The van der Waals surface area contributed by atoms with Gasteiger partial charge >= 0.3 is 11.9 Å². The molecule has 0 spiro atoms. The van der Waals surface area contributed by atoms with E-state index in [0.717, 1.165) is 12.5 Å². The lowest BCUT2D eigenvalue weighted by molar-refractivity contribution is -0.402. The minimum absolute atomic E-state index is 0.0936. The number of hydrogen-bond acceptors (Lipinski definition) is 7. The van der Waals surface area contributed by atoms with E-state index in [4.69, 9.17) is 30.2 Å². The number of halogens is 1. The monoisotopic (exact) mass is 353 g/mol. The van der Waals surface area contributed by atoms with Crippen molar-refractivity contribution in [2.24, 2.45) is 0 Å². The average molecular weight is 354 g/mol. The van der Waals surface area contributed by atoms with Crippen molar-refractivity contribution in [3.63, 3.8) is 0 Å². The number of carbonyl (C=O) groups excluding carboxylic acids is 1. The van der Waals surface area contributed by atoms with Gasteiger partial charge in [-0.25, -0.2) is 4.79 Å². The van der Waals surface area contributed by atoms with Crippen molar-refractivity contribution in [2.45, 2.75) is 13.0 Å². The highest BCUT2D eigenvalue weighted by atomic mass is 35.5. The first-order valence-corrected chi connectivity index (χ1v) is 7.42. The molecule has 2 aromatic rings. The Morgan fingerprint density at radius 1 is 1.29 bits per heavy atom. The molecular weight excluding hydrogens is 342 g/mol. The molecule has 0 N–H and O–H groups in total. The van der Waals surface area contributed by atoms with Gasteiger partial charge in [0.05, 0.1) is 24.3 Å². The molecule has 0 fully saturated rings. The van der Waals surface area contributed by atoms with E-state index in [1.165, 1.54) is 6.07 Å². The van der Waals surface area contributed by atoms with Gasteiger partial charge in [0.2, 0.25) is 5.76 Å². The SMILES string of the molecule is O=C(OCc1cc(Cl)c2c(c1)OCCCO2)c1ccc([N+](=O)[O-])o1. The quantitative estimate of drug-likeness (QED) is 0.471. The summed E-state index contributed by atoms with van der Waals surface area (Å²) in [7, 11) is 0. The predicted octanol–water partition coefficient (Wildman–Crippen LogP) is 3.36. The van der Waals surface area contributed by atoms with Crippen molar-refractivity contribution in [3.8, 4) is 11.5 Å². The first-order valence-electron chi connectivity index (χ1n) is 7.04. The Morgan fingerprint density at radius 3 is 2.83 bits per heavy atom. The molecule has 8 nitrogen and oxygen atoms in total. The number of rotatable bonds is 4. The molecule has 1 aromatic heterocycles. The van der Waals surface area contributed by atoms with Gasteiger partial charge in [-0.3, -0.25) is 10.1 Å². The maximum absolute atomic E-state index is 11.9. The van der Waals surface area contributed by atoms with Crippen molar-refractivity contribution in [1.82, 2.24) is 0 Å². The molecular formula is C15H12ClNO7. The molecule has 1 aromatic carbocycles. The number of nitro groups is 1. The van der Waals surface area contributed by atoms with Crippen molar-refractivity contribution in [3.05, 3.63) is 50.7 Å². The van der Waals surface area contributed by atoms with Crippen molar-refractivity contribution < 1.29 is 28.3 Å². The third-order valence-corrected chi connectivity index (χ3v) is 3.49. The second-order valence-corrected chi connectivity index (χ2v) is 5.33. The number of nitrogens with zero attached hydrogens (tertiary/aromatic N) is 1. The summed E-state index contributed by atoms with van der Waals surface area (Å²) in [5, 5.41) is 10.9. The van der Waals surface area contributed by atoms with Gasteiger partial charge in [0.15, 0.2) is 11.5 Å². The van der Waals surface area contributed by atoms with Crippen LogP contribution in [0.5, 0.6) is 11.5 Å². The summed E-state index contributed by atoms with van der Waals surface area (Å²) < 4.78 is 20.9. The summed E-state index contributed by atoms with van der Waals surface area (Å²) in [6.07, 6.45) is 0.743. The van der Waals surface area contributed by atoms with Gasteiger partial charge in [-0.15, -0.1) is 0 Å². The number of carbonyl (C=O) groups is 1. The molecule has 0 atom stereocenters. The molecule has 0 bridgehead atoms. The van der Waals surface area contributed by atoms with E-state index in [2.05, 4.69) is 0 Å². The van der Waals surface area contributed by atoms with Gasteiger partial charge in [-0.1, -0.05) is 11.6 Å². The third kappa shape index (κ3) is 3.43. The van der Waals surface area contributed by atoms with E-state index in [1.807, 2.05) is 0 Å². The fourth-order valence-electron chi connectivity index (χ4n) is 2.12. The Bertz CT molecular complexity index is 786. The maximum Gasteiger partial charge on any atom is 0.433 e. The van der Waals surface area contributed by atoms with Crippen LogP contribution in [0.4, 0.5) is 5.88 Å². The summed E-state index contributed by atoms with van der Waals surface area (Å²) in [5.74, 6) is -0.639. The lowest BCUT2D eigenvalue weighted by Gasteiger charge is -2.11. The van der Waals surface area contributed by atoms with Crippen LogP contribution < -0.4 is 9.47 Å². The second kappa shape index (κ2) is 6.79. The Kier molecular flexibility index (Phi) is 4.57. The molecule has 0 aliphatic carbocycles. The number of esters is 1. The van der Waals surface area contributed by atoms with Gasteiger partial charge in [-0.05, 0) is 23.8 Å². The summed E-state index contributed by atoms with van der Waals surface area (Å²) in [6, 6.07) is 5.54. The van der Waals surface area contributed by atoms with Crippen LogP contribution in [-0.4, -0.2) is 24.1 Å². The van der Waals surface area contributed by atoms with E-state index in [9.17, 15) is 14.9 Å². The molecule has 0 amide bonds. The Morgan fingerprint density at radius 2 is 2.08 bits per heavy atom. The fourth-order valence-corrected chi connectivity index (χ4v) is 2.41. The van der Waals surface area contributed by atoms with Crippen LogP contribution in [0.3, 0.4) is 0 Å². The standard InChI is InChI=1S/C15H12ClNO7/c16-10-6-9(7-12-14(10)22-5-1-4-21-12)8-23-15(18)11-2-3-13(24-11)17(19)20/h2-3,6-7H,1,4-5,8H2. The van der Waals surface area contributed by atoms with E-state index >= 15 is 0 Å². The predicted molar refractivity (Wildman–Crippen MR) is 81.5 cm³/mol. The van der Waals surface area contributed by atoms with Crippen LogP contribution in [0.2, 0.25) is 5.02 Å². The number of hydrogen-bond donors (Lipinski definition) is 0. The van der Waals surface area contributed by atoms with Crippen molar-refractivity contribution >= 4 is 23.5 Å². The van der Waals surface area contributed by atoms with Gasteiger partial charge < -0.3 is 18.6 Å². The van der Waals surface area contributed by atoms with Crippen LogP contribution in [0, 0.1) is 10.1 Å². The van der Waals surface area contributed by atoms with Crippen LogP contribution in [0.1, 0.15) is 22.5 Å². The Labute approximate surface area is 141 Å². The Balaban J connectivity index is 1.70. The molecule has 24 heavy (non-hydrogen) atoms.